The van der Waals surface area contributed by atoms with Gasteiger partial charge in [0.05, 0.1) is 5.69 Å². The lowest BCUT2D eigenvalue weighted by atomic mass is 10.2. The molecule has 2 N–H and O–H groups in total. The van der Waals surface area contributed by atoms with Crippen LogP contribution in [-0.2, 0) is 0 Å². The molecule has 0 fully saturated rings. The summed E-state index contributed by atoms with van der Waals surface area (Å²) >= 11 is 0. The van der Waals surface area contributed by atoms with Gasteiger partial charge in [-0.3, -0.25) is 4.99 Å². The van der Waals surface area contributed by atoms with E-state index in [2.05, 4.69) is 15.6 Å². The highest BCUT2D eigenvalue weighted by molar-refractivity contribution is 5.93. The van der Waals surface area contributed by atoms with E-state index < -0.39 is 0 Å². The van der Waals surface area contributed by atoms with Gasteiger partial charge >= 0.3 is 0 Å². The van der Waals surface area contributed by atoms with E-state index in [9.17, 15) is 4.39 Å². The van der Waals surface area contributed by atoms with E-state index in [1.165, 1.54) is 6.07 Å². The first-order valence-corrected chi connectivity index (χ1v) is 4.35. The minimum absolute atomic E-state index is 0.285. The van der Waals surface area contributed by atoms with Gasteiger partial charge in [0.25, 0.3) is 0 Å². The van der Waals surface area contributed by atoms with Crippen molar-refractivity contribution >= 4 is 11.6 Å². The van der Waals surface area contributed by atoms with Crippen LogP contribution in [0.2, 0.25) is 0 Å². The molecule has 0 heterocycles. The first-order chi connectivity index (χ1) is 6.67. The molecule has 0 aliphatic heterocycles. The molecule has 0 unspecified atom stereocenters. The Hall–Kier alpha value is -1.58. The maximum atomic E-state index is 13.3. The predicted octanol–water partition coefficient (Wildman–Crippen LogP) is 1.75. The molecule has 4 heteroatoms. The van der Waals surface area contributed by atoms with Gasteiger partial charge in [0.15, 0.2) is 5.96 Å². The minimum Gasteiger partial charge on any atom is -0.359 e. The lowest BCUT2D eigenvalue weighted by Gasteiger charge is -2.09. The van der Waals surface area contributed by atoms with E-state index in [-0.39, 0.29) is 5.82 Å². The SMILES string of the molecule is CN=C(NC)Nc1cc(C)ccc1F. The zero-order chi connectivity index (χ0) is 10.6. The zero-order valence-corrected chi connectivity index (χ0v) is 8.56. The van der Waals surface area contributed by atoms with E-state index in [0.29, 0.717) is 11.6 Å². The second kappa shape index (κ2) is 4.60. The number of nitrogens with one attached hydrogen (secondary N) is 2. The van der Waals surface area contributed by atoms with Gasteiger partial charge in [-0.2, -0.15) is 0 Å². The van der Waals surface area contributed by atoms with Gasteiger partial charge in [0, 0.05) is 14.1 Å². The molecule has 0 aliphatic carbocycles. The van der Waals surface area contributed by atoms with Crippen LogP contribution < -0.4 is 10.6 Å². The van der Waals surface area contributed by atoms with Crippen LogP contribution in [0, 0.1) is 12.7 Å². The molecule has 14 heavy (non-hydrogen) atoms. The van der Waals surface area contributed by atoms with Crippen molar-refractivity contribution in [2.24, 2.45) is 4.99 Å². The highest BCUT2D eigenvalue weighted by atomic mass is 19.1. The molecule has 1 aromatic rings. The molecule has 1 aromatic carbocycles. The average Bonchev–Trinajstić information content (AvgIpc) is 2.19. The van der Waals surface area contributed by atoms with Crippen LogP contribution in [-0.4, -0.2) is 20.1 Å². The number of benzene rings is 1. The Labute approximate surface area is 83.1 Å². The molecule has 0 bridgehead atoms. The van der Waals surface area contributed by atoms with Gasteiger partial charge in [-0.15, -0.1) is 0 Å². The second-order valence-electron chi connectivity index (χ2n) is 2.93. The molecule has 0 saturated heterocycles. The van der Waals surface area contributed by atoms with Gasteiger partial charge in [0.2, 0.25) is 0 Å². The Morgan fingerprint density at radius 3 is 2.71 bits per heavy atom. The largest absolute Gasteiger partial charge is 0.359 e. The fourth-order valence-electron chi connectivity index (χ4n) is 1.09. The first kappa shape index (κ1) is 10.5. The summed E-state index contributed by atoms with van der Waals surface area (Å²) in [6, 6.07) is 4.89. The third-order valence-electron chi connectivity index (χ3n) is 1.84. The third-order valence-corrected chi connectivity index (χ3v) is 1.84. The number of anilines is 1. The molecule has 0 amide bonds. The molecule has 76 valence electrons. The number of hydrogen-bond donors (Lipinski definition) is 2. The van der Waals surface area contributed by atoms with Crippen LogP contribution in [0.15, 0.2) is 23.2 Å². The highest BCUT2D eigenvalue weighted by Gasteiger charge is 2.03. The van der Waals surface area contributed by atoms with Gasteiger partial charge in [-0.1, -0.05) is 6.07 Å². The lowest BCUT2D eigenvalue weighted by molar-refractivity contribution is 0.631. The van der Waals surface area contributed by atoms with E-state index in [0.717, 1.165) is 5.56 Å². The van der Waals surface area contributed by atoms with Crippen LogP contribution in [0.3, 0.4) is 0 Å². The molecule has 0 saturated carbocycles. The van der Waals surface area contributed by atoms with Crippen LogP contribution in [0.25, 0.3) is 0 Å². The van der Waals surface area contributed by atoms with Crippen molar-refractivity contribution in [2.75, 3.05) is 19.4 Å². The maximum Gasteiger partial charge on any atom is 0.195 e. The molecule has 1 rings (SSSR count). The normalized spacial score (nSPS) is 11.3. The molecular formula is C10H14FN3. The number of nitrogens with zero attached hydrogens (tertiary/aromatic N) is 1. The number of hydrogen-bond acceptors (Lipinski definition) is 1. The van der Waals surface area contributed by atoms with Gasteiger partial charge in [-0.25, -0.2) is 4.39 Å². The minimum atomic E-state index is -0.285. The zero-order valence-electron chi connectivity index (χ0n) is 8.56. The van der Waals surface area contributed by atoms with Gasteiger partial charge in [-0.05, 0) is 24.6 Å². The molecule has 0 radical (unpaired) electrons. The summed E-state index contributed by atoms with van der Waals surface area (Å²) in [5.74, 6) is 0.251. The Balaban J connectivity index is 2.90. The first-order valence-electron chi connectivity index (χ1n) is 4.35. The van der Waals surface area contributed by atoms with Crippen molar-refractivity contribution in [1.29, 1.82) is 0 Å². The fourth-order valence-corrected chi connectivity index (χ4v) is 1.09. The smallest absolute Gasteiger partial charge is 0.195 e. The van der Waals surface area contributed by atoms with Crippen LogP contribution in [0.4, 0.5) is 10.1 Å². The van der Waals surface area contributed by atoms with E-state index in [1.807, 2.05) is 6.92 Å². The number of rotatable bonds is 1. The predicted molar refractivity (Wildman–Crippen MR) is 57.2 cm³/mol. The number of aryl methyl sites for hydroxylation is 1. The highest BCUT2D eigenvalue weighted by Crippen LogP contribution is 2.15. The second-order valence-corrected chi connectivity index (χ2v) is 2.93. The quantitative estimate of drug-likeness (QED) is 0.529. The third kappa shape index (κ3) is 2.45. The topological polar surface area (TPSA) is 36.4 Å². The lowest BCUT2D eigenvalue weighted by Crippen LogP contribution is -2.27. The van der Waals surface area contributed by atoms with Crippen molar-refractivity contribution < 1.29 is 4.39 Å². The summed E-state index contributed by atoms with van der Waals surface area (Å²) in [5, 5.41) is 5.67. The molecule has 0 spiro atoms. The van der Waals surface area contributed by atoms with E-state index >= 15 is 0 Å². The monoisotopic (exact) mass is 195 g/mol. The van der Waals surface area contributed by atoms with Crippen molar-refractivity contribution in [3.05, 3.63) is 29.6 Å². The fraction of sp³-hybridized carbons (Fsp3) is 0.300. The van der Waals surface area contributed by atoms with Crippen LogP contribution in [0.5, 0.6) is 0 Å². The number of guanidine groups is 1. The Morgan fingerprint density at radius 1 is 1.43 bits per heavy atom. The summed E-state index contributed by atoms with van der Waals surface area (Å²) in [6.45, 7) is 1.91. The van der Waals surface area contributed by atoms with Gasteiger partial charge < -0.3 is 10.6 Å². The standard InChI is InChI=1S/C10H14FN3/c1-7-4-5-8(11)9(6-7)14-10(12-2)13-3/h4-6H,1-3H3,(H2,12,13,14). The van der Waals surface area contributed by atoms with Crippen molar-refractivity contribution in [2.45, 2.75) is 6.92 Å². The van der Waals surface area contributed by atoms with E-state index in [1.54, 1.807) is 26.2 Å². The molecule has 3 nitrogen and oxygen atoms in total. The molecular weight excluding hydrogens is 181 g/mol. The van der Waals surface area contributed by atoms with E-state index in [4.69, 9.17) is 0 Å². The summed E-state index contributed by atoms with van der Waals surface area (Å²) in [6.07, 6.45) is 0. The van der Waals surface area contributed by atoms with Crippen LogP contribution in [0.1, 0.15) is 5.56 Å². The average molecular weight is 195 g/mol. The van der Waals surface area contributed by atoms with Gasteiger partial charge in [0.1, 0.15) is 5.82 Å². The molecule has 0 aliphatic rings. The summed E-state index contributed by atoms with van der Waals surface area (Å²) in [7, 11) is 3.36. The Morgan fingerprint density at radius 2 is 2.14 bits per heavy atom. The molecule has 0 atom stereocenters. The van der Waals surface area contributed by atoms with Crippen molar-refractivity contribution in [1.82, 2.24) is 5.32 Å². The van der Waals surface area contributed by atoms with Crippen LogP contribution >= 0.6 is 0 Å². The summed E-state index contributed by atoms with van der Waals surface area (Å²) < 4.78 is 13.3. The van der Waals surface area contributed by atoms with Crippen molar-refractivity contribution in [3.63, 3.8) is 0 Å². The summed E-state index contributed by atoms with van der Waals surface area (Å²) in [4.78, 5) is 3.90. The van der Waals surface area contributed by atoms with Crippen molar-refractivity contribution in [3.8, 4) is 0 Å². The molecule has 0 aromatic heterocycles. The number of aliphatic imine (C=N–C) groups is 1. The Bertz CT molecular complexity index is 347. The summed E-state index contributed by atoms with van der Waals surface area (Å²) in [5.41, 5.74) is 1.43. The number of halogens is 1. The maximum absolute atomic E-state index is 13.3. The Kier molecular flexibility index (Phi) is 3.45.